The lowest BCUT2D eigenvalue weighted by Gasteiger charge is -2.32. The molecule has 1 fully saturated rings. The lowest BCUT2D eigenvalue weighted by Crippen LogP contribution is -2.49. The highest BCUT2D eigenvalue weighted by Gasteiger charge is 2.23. The van der Waals surface area contributed by atoms with E-state index in [1.165, 1.54) is 0 Å². The van der Waals surface area contributed by atoms with Crippen molar-refractivity contribution in [2.75, 3.05) is 13.1 Å². The van der Waals surface area contributed by atoms with Crippen LogP contribution in [0.15, 0.2) is 0 Å². The summed E-state index contributed by atoms with van der Waals surface area (Å²) in [7, 11) is 0. The van der Waals surface area contributed by atoms with E-state index in [1.807, 2.05) is 0 Å². The second-order valence-electron chi connectivity index (χ2n) is 2.95. The molecule has 0 saturated carbocycles. The quantitative estimate of drug-likeness (QED) is 0.522. The summed E-state index contributed by atoms with van der Waals surface area (Å²) >= 11 is 0. The van der Waals surface area contributed by atoms with Gasteiger partial charge in [0.05, 0.1) is 5.92 Å². The molecule has 1 saturated heterocycles. The summed E-state index contributed by atoms with van der Waals surface area (Å²) < 4.78 is 0. The van der Waals surface area contributed by atoms with Crippen molar-refractivity contribution in [3.05, 3.63) is 0 Å². The zero-order valence-electron chi connectivity index (χ0n) is 6.66. The largest absolute Gasteiger partial charge is 0.530 e. The number of carbonyl (C=O) groups excluding carboxylic acids is 2. The van der Waals surface area contributed by atoms with Gasteiger partial charge < -0.3 is 20.5 Å². The first-order valence-electron chi connectivity index (χ1n) is 3.86. The minimum absolute atomic E-state index is 0.192. The molecule has 0 aromatic rings. The van der Waals surface area contributed by atoms with Gasteiger partial charge in [-0.15, -0.1) is 0 Å². The fraction of sp³-hybridized carbons (Fsp3) is 0.714. The monoisotopic (exact) mass is 171 g/mol. The second-order valence-corrected chi connectivity index (χ2v) is 2.95. The van der Waals surface area contributed by atoms with Gasteiger partial charge in [0.25, 0.3) is 0 Å². The van der Waals surface area contributed by atoms with Crippen molar-refractivity contribution in [1.82, 2.24) is 4.90 Å². The second kappa shape index (κ2) is 3.42. The third-order valence-corrected chi connectivity index (χ3v) is 2.08. The van der Waals surface area contributed by atoms with Crippen LogP contribution < -0.4 is 10.8 Å². The molecule has 0 aromatic heterocycles. The average molecular weight is 171 g/mol. The number of nitrogens with two attached hydrogens (primary N) is 1. The van der Waals surface area contributed by atoms with Crippen LogP contribution in [0.3, 0.4) is 0 Å². The Bertz CT molecular complexity index is 185. The van der Waals surface area contributed by atoms with Crippen LogP contribution in [0, 0.1) is 5.92 Å². The van der Waals surface area contributed by atoms with E-state index < -0.39 is 12.0 Å². The van der Waals surface area contributed by atoms with Crippen LogP contribution in [0.1, 0.15) is 12.8 Å². The van der Waals surface area contributed by atoms with Crippen molar-refractivity contribution in [1.29, 1.82) is 0 Å². The number of carboxylic acid groups (broad SMARTS) is 1. The molecule has 0 aromatic carbocycles. The van der Waals surface area contributed by atoms with E-state index in [4.69, 9.17) is 5.73 Å². The fourth-order valence-electron chi connectivity index (χ4n) is 1.38. The third kappa shape index (κ3) is 1.87. The van der Waals surface area contributed by atoms with E-state index in [-0.39, 0.29) is 12.5 Å². The minimum Gasteiger partial charge on any atom is -0.530 e. The van der Waals surface area contributed by atoms with E-state index in [0.717, 1.165) is 4.90 Å². The van der Waals surface area contributed by atoms with Crippen molar-refractivity contribution in [2.24, 2.45) is 11.7 Å². The highest BCUT2D eigenvalue weighted by Crippen LogP contribution is 2.14. The number of hydrogen-bond acceptors (Lipinski definition) is 3. The molecule has 12 heavy (non-hydrogen) atoms. The Morgan fingerprint density at radius 3 is 2.67 bits per heavy atom. The zero-order chi connectivity index (χ0) is 9.14. The molecule has 2 amide bonds. The van der Waals surface area contributed by atoms with E-state index >= 15 is 0 Å². The lowest BCUT2D eigenvalue weighted by molar-refractivity contribution is -0.266. The average Bonchev–Trinajstić information content (AvgIpc) is 2.04. The number of nitrogens with zero attached hydrogens (tertiary/aromatic N) is 1. The topological polar surface area (TPSA) is 86.5 Å². The zero-order valence-corrected chi connectivity index (χ0v) is 6.66. The summed E-state index contributed by atoms with van der Waals surface area (Å²) in [5.74, 6) is -0.766. The predicted molar refractivity (Wildman–Crippen MR) is 38.9 cm³/mol. The van der Waals surface area contributed by atoms with Crippen LogP contribution in [-0.4, -0.2) is 30.0 Å². The maximum absolute atomic E-state index is 10.7. The third-order valence-electron chi connectivity index (χ3n) is 2.08. The van der Waals surface area contributed by atoms with Gasteiger partial charge in [0.2, 0.25) is 5.91 Å². The summed E-state index contributed by atoms with van der Waals surface area (Å²) in [6.45, 7) is 0.643. The molecule has 0 spiro atoms. The van der Waals surface area contributed by atoms with Crippen LogP contribution >= 0.6 is 0 Å². The number of hydrogen-bond donors (Lipinski definition) is 1. The van der Waals surface area contributed by atoms with Gasteiger partial charge in [-0.05, 0) is 12.8 Å². The van der Waals surface area contributed by atoms with Crippen molar-refractivity contribution in [3.63, 3.8) is 0 Å². The highest BCUT2D eigenvalue weighted by atomic mass is 16.4. The molecule has 5 heteroatoms. The van der Waals surface area contributed by atoms with Crippen molar-refractivity contribution < 1.29 is 14.7 Å². The number of carbonyl (C=O) groups is 2. The molecule has 1 aliphatic rings. The number of piperidine rings is 1. The first-order valence-corrected chi connectivity index (χ1v) is 3.86. The van der Waals surface area contributed by atoms with Crippen LogP contribution in [0.5, 0.6) is 0 Å². The first-order chi connectivity index (χ1) is 5.61. The maximum atomic E-state index is 10.7. The molecular weight excluding hydrogens is 160 g/mol. The summed E-state index contributed by atoms with van der Waals surface area (Å²) in [5, 5.41) is 10.4. The molecule has 1 atom stereocenters. The van der Waals surface area contributed by atoms with Gasteiger partial charge in [-0.2, -0.15) is 0 Å². The van der Waals surface area contributed by atoms with Crippen LogP contribution in [0.25, 0.3) is 0 Å². The van der Waals surface area contributed by atoms with Gasteiger partial charge in [0.15, 0.2) is 0 Å². The molecule has 0 bridgehead atoms. The van der Waals surface area contributed by atoms with Crippen molar-refractivity contribution in [2.45, 2.75) is 12.8 Å². The van der Waals surface area contributed by atoms with Crippen molar-refractivity contribution >= 4 is 12.0 Å². The summed E-state index contributed by atoms with van der Waals surface area (Å²) in [5.41, 5.74) is 5.05. The van der Waals surface area contributed by atoms with Crippen LogP contribution in [0.2, 0.25) is 0 Å². The summed E-state index contributed by atoms with van der Waals surface area (Å²) in [4.78, 5) is 22.2. The Balaban J connectivity index is 2.51. The Labute approximate surface area is 70.1 Å². The SMILES string of the molecule is NC(=O)C1CCCN(C(=O)[O-])C1. The first kappa shape index (κ1) is 8.83. The van der Waals surface area contributed by atoms with Gasteiger partial charge in [0.1, 0.15) is 6.09 Å². The Morgan fingerprint density at radius 2 is 2.17 bits per heavy atom. The molecule has 0 aliphatic carbocycles. The molecule has 1 rings (SSSR count). The number of amides is 2. The number of likely N-dealkylation sites (tertiary alicyclic amines) is 1. The Morgan fingerprint density at radius 1 is 1.50 bits per heavy atom. The van der Waals surface area contributed by atoms with E-state index in [1.54, 1.807) is 0 Å². The molecule has 0 radical (unpaired) electrons. The van der Waals surface area contributed by atoms with Gasteiger partial charge in [-0.3, -0.25) is 4.79 Å². The Hall–Kier alpha value is -1.26. The number of primary amides is 1. The smallest absolute Gasteiger partial charge is 0.222 e. The molecule has 1 heterocycles. The fourth-order valence-corrected chi connectivity index (χ4v) is 1.38. The predicted octanol–water partition coefficient (Wildman–Crippen LogP) is -1.47. The Kier molecular flexibility index (Phi) is 2.52. The van der Waals surface area contributed by atoms with Gasteiger partial charge in [-0.25, -0.2) is 0 Å². The molecule has 5 nitrogen and oxygen atoms in total. The number of rotatable bonds is 1. The highest BCUT2D eigenvalue weighted by molar-refractivity contribution is 5.77. The van der Waals surface area contributed by atoms with Gasteiger partial charge in [-0.1, -0.05) is 0 Å². The normalized spacial score (nSPS) is 23.7. The minimum atomic E-state index is -1.22. The van der Waals surface area contributed by atoms with Crippen molar-refractivity contribution in [3.8, 4) is 0 Å². The van der Waals surface area contributed by atoms with Gasteiger partial charge >= 0.3 is 0 Å². The molecule has 1 aliphatic heterocycles. The van der Waals surface area contributed by atoms with Crippen LogP contribution in [-0.2, 0) is 4.79 Å². The summed E-state index contributed by atoms with van der Waals surface area (Å²) in [6.07, 6.45) is 0.140. The van der Waals surface area contributed by atoms with Crippen LogP contribution in [0.4, 0.5) is 4.79 Å². The molecular formula is C7H11N2O3-. The van der Waals surface area contributed by atoms with Gasteiger partial charge in [0, 0.05) is 13.1 Å². The molecule has 1 unspecified atom stereocenters. The lowest BCUT2D eigenvalue weighted by atomic mass is 9.98. The summed E-state index contributed by atoms with van der Waals surface area (Å²) in [6, 6.07) is 0. The van der Waals surface area contributed by atoms with E-state index in [0.29, 0.717) is 19.4 Å². The molecule has 68 valence electrons. The van der Waals surface area contributed by atoms with E-state index in [2.05, 4.69) is 0 Å². The van der Waals surface area contributed by atoms with E-state index in [9.17, 15) is 14.7 Å². The maximum Gasteiger partial charge on any atom is 0.222 e. The standard InChI is InChI=1S/C7H12N2O3/c8-6(10)5-2-1-3-9(4-5)7(11)12/h5H,1-4H2,(H2,8,10)(H,11,12)/p-1. The molecule has 2 N–H and O–H groups in total.